The molecule has 1 unspecified atom stereocenters. The summed E-state index contributed by atoms with van der Waals surface area (Å²) in [4.78, 5) is 2.43. The molecule has 3 heteroatoms. The second-order valence-corrected chi connectivity index (χ2v) is 5.85. The van der Waals surface area contributed by atoms with Crippen LogP contribution in [0.4, 0.5) is 4.39 Å². The molecule has 1 aromatic carbocycles. The highest BCUT2D eigenvalue weighted by Gasteiger charge is 2.35. The van der Waals surface area contributed by atoms with Crippen molar-refractivity contribution >= 4 is 0 Å². The lowest BCUT2D eigenvalue weighted by molar-refractivity contribution is 0.233. The Morgan fingerprint density at radius 2 is 2.11 bits per heavy atom. The second kappa shape index (κ2) is 6.02. The van der Waals surface area contributed by atoms with Crippen LogP contribution in [-0.2, 0) is 0 Å². The minimum atomic E-state index is -0.203. The lowest BCUT2D eigenvalue weighted by atomic mass is 9.82. The molecule has 0 aliphatic carbocycles. The zero-order chi connectivity index (χ0) is 13.9. The van der Waals surface area contributed by atoms with Crippen molar-refractivity contribution in [3.8, 4) is 0 Å². The van der Waals surface area contributed by atoms with Gasteiger partial charge in [0, 0.05) is 19.1 Å². The summed E-state index contributed by atoms with van der Waals surface area (Å²) < 4.78 is 13.2. The minimum absolute atomic E-state index is 0.0970. The summed E-state index contributed by atoms with van der Waals surface area (Å²) in [7, 11) is 0. The molecule has 1 atom stereocenters. The molecule has 0 spiro atoms. The van der Waals surface area contributed by atoms with Gasteiger partial charge in [0.15, 0.2) is 0 Å². The van der Waals surface area contributed by atoms with Crippen LogP contribution in [-0.4, -0.2) is 24.5 Å². The first-order valence-electron chi connectivity index (χ1n) is 7.32. The quantitative estimate of drug-likeness (QED) is 0.884. The van der Waals surface area contributed by atoms with E-state index in [1.807, 2.05) is 6.07 Å². The maximum atomic E-state index is 13.2. The molecule has 0 amide bonds. The monoisotopic (exact) mass is 264 g/mol. The fourth-order valence-corrected chi connectivity index (χ4v) is 3.13. The average Bonchev–Trinajstić information content (AvgIpc) is 2.83. The first-order valence-corrected chi connectivity index (χ1v) is 7.32. The molecule has 0 bridgehead atoms. The Bertz CT molecular complexity index is 415. The summed E-state index contributed by atoms with van der Waals surface area (Å²) in [5, 5.41) is 0. The predicted octanol–water partition coefficient (Wildman–Crippen LogP) is 3.34. The summed E-state index contributed by atoms with van der Waals surface area (Å²) in [5.74, 6) is -0.203. The zero-order valence-electron chi connectivity index (χ0n) is 12.0. The van der Waals surface area contributed by atoms with Crippen LogP contribution in [0.1, 0.15) is 44.7 Å². The number of halogens is 1. The number of nitrogens with two attached hydrogens (primary N) is 1. The first-order chi connectivity index (χ1) is 9.08. The highest BCUT2D eigenvalue weighted by molar-refractivity contribution is 5.20. The van der Waals surface area contributed by atoms with Crippen molar-refractivity contribution in [3.63, 3.8) is 0 Å². The van der Waals surface area contributed by atoms with E-state index in [0.29, 0.717) is 5.41 Å². The molecule has 2 nitrogen and oxygen atoms in total. The van der Waals surface area contributed by atoms with Gasteiger partial charge in [-0.3, -0.25) is 0 Å². The van der Waals surface area contributed by atoms with E-state index in [1.165, 1.54) is 25.3 Å². The first kappa shape index (κ1) is 14.5. The van der Waals surface area contributed by atoms with Crippen molar-refractivity contribution < 1.29 is 4.39 Å². The third kappa shape index (κ3) is 3.34. The molecule has 1 aliphatic rings. The van der Waals surface area contributed by atoms with Crippen LogP contribution in [0, 0.1) is 11.2 Å². The van der Waals surface area contributed by atoms with E-state index in [0.717, 1.165) is 25.2 Å². The fourth-order valence-electron chi connectivity index (χ4n) is 3.13. The van der Waals surface area contributed by atoms with Gasteiger partial charge in [-0.15, -0.1) is 0 Å². The molecule has 0 radical (unpaired) electrons. The number of hydrogen-bond acceptors (Lipinski definition) is 2. The van der Waals surface area contributed by atoms with E-state index in [4.69, 9.17) is 5.73 Å². The van der Waals surface area contributed by atoms with Crippen molar-refractivity contribution in [2.45, 2.75) is 39.2 Å². The van der Waals surface area contributed by atoms with E-state index in [1.54, 1.807) is 12.1 Å². The van der Waals surface area contributed by atoms with Gasteiger partial charge in [0.25, 0.3) is 0 Å². The summed E-state index contributed by atoms with van der Waals surface area (Å²) >= 11 is 0. The molecular formula is C16H25FN2. The van der Waals surface area contributed by atoms with E-state index >= 15 is 0 Å². The number of likely N-dealkylation sites (tertiary alicyclic amines) is 1. The normalized spacial score (nSPS) is 20.6. The molecule has 1 aromatic rings. The lowest BCUT2D eigenvalue weighted by Crippen LogP contribution is -2.32. The van der Waals surface area contributed by atoms with Crippen LogP contribution < -0.4 is 5.73 Å². The minimum Gasteiger partial charge on any atom is -0.323 e. The van der Waals surface area contributed by atoms with Crippen molar-refractivity contribution in [1.82, 2.24) is 4.90 Å². The standard InChI is InChI=1S/C16H25FN2/c1-3-16(4-2)8-9-19(12-16)11-15(18)13-6-5-7-14(17)10-13/h5-7,10,15H,3-4,8-9,11-12,18H2,1-2H3. The van der Waals surface area contributed by atoms with Crippen LogP contribution >= 0.6 is 0 Å². The van der Waals surface area contributed by atoms with Gasteiger partial charge >= 0.3 is 0 Å². The zero-order valence-corrected chi connectivity index (χ0v) is 12.0. The van der Waals surface area contributed by atoms with Gasteiger partial charge in [-0.25, -0.2) is 4.39 Å². The smallest absolute Gasteiger partial charge is 0.123 e. The Morgan fingerprint density at radius 3 is 2.68 bits per heavy atom. The molecule has 2 N–H and O–H groups in total. The third-order valence-corrected chi connectivity index (χ3v) is 4.75. The average molecular weight is 264 g/mol. The number of nitrogens with zero attached hydrogens (tertiary/aromatic N) is 1. The Morgan fingerprint density at radius 1 is 1.37 bits per heavy atom. The molecule has 0 aromatic heterocycles. The van der Waals surface area contributed by atoms with Crippen LogP contribution in [0.25, 0.3) is 0 Å². The van der Waals surface area contributed by atoms with Gasteiger partial charge < -0.3 is 10.6 Å². The highest BCUT2D eigenvalue weighted by Crippen LogP contribution is 2.37. The molecular weight excluding hydrogens is 239 g/mol. The van der Waals surface area contributed by atoms with E-state index < -0.39 is 0 Å². The van der Waals surface area contributed by atoms with Crippen LogP contribution in [0.5, 0.6) is 0 Å². The third-order valence-electron chi connectivity index (χ3n) is 4.75. The van der Waals surface area contributed by atoms with E-state index in [-0.39, 0.29) is 11.9 Å². The predicted molar refractivity (Wildman–Crippen MR) is 77.4 cm³/mol. The molecule has 0 saturated carbocycles. The Labute approximate surface area is 115 Å². The van der Waals surface area contributed by atoms with Crippen molar-refractivity contribution in [2.24, 2.45) is 11.1 Å². The largest absolute Gasteiger partial charge is 0.323 e. The van der Waals surface area contributed by atoms with Gasteiger partial charge in [-0.1, -0.05) is 26.0 Å². The molecule has 2 rings (SSSR count). The van der Waals surface area contributed by atoms with Crippen LogP contribution in [0.15, 0.2) is 24.3 Å². The van der Waals surface area contributed by atoms with Crippen molar-refractivity contribution in [1.29, 1.82) is 0 Å². The van der Waals surface area contributed by atoms with Gasteiger partial charge in [0.05, 0.1) is 0 Å². The topological polar surface area (TPSA) is 29.3 Å². The molecule has 1 aliphatic heterocycles. The maximum Gasteiger partial charge on any atom is 0.123 e. The van der Waals surface area contributed by atoms with Gasteiger partial charge in [-0.05, 0) is 48.9 Å². The van der Waals surface area contributed by atoms with Crippen LogP contribution in [0.3, 0.4) is 0 Å². The SMILES string of the molecule is CCC1(CC)CCN(CC(N)c2cccc(F)c2)C1. The van der Waals surface area contributed by atoms with Crippen molar-refractivity contribution in [3.05, 3.63) is 35.6 Å². The van der Waals surface area contributed by atoms with Gasteiger partial charge in [-0.2, -0.15) is 0 Å². The summed E-state index contributed by atoms with van der Waals surface area (Å²) in [6.45, 7) is 7.62. The van der Waals surface area contributed by atoms with Gasteiger partial charge in [0.1, 0.15) is 5.82 Å². The summed E-state index contributed by atoms with van der Waals surface area (Å²) in [5.41, 5.74) is 7.57. The van der Waals surface area contributed by atoms with Crippen molar-refractivity contribution in [2.75, 3.05) is 19.6 Å². The molecule has 1 saturated heterocycles. The van der Waals surface area contributed by atoms with Gasteiger partial charge in [0.2, 0.25) is 0 Å². The number of benzene rings is 1. The lowest BCUT2D eigenvalue weighted by Gasteiger charge is -2.27. The second-order valence-electron chi connectivity index (χ2n) is 5.85. The molecule has 19 heavy (non-hydrogen) atoms. The maximum absolute atomic E-state index is 13.2. The Kier molecular flexibility index (Phi) is 4.58. The molecule has 1 fully saturated rings. The molecule has 1 heterocycles. The van der Waals surface area contributed by atoms with E-state index in [9.17, 15) is 4.39 Å². The fraction of sp³-hybridized carbons (Fsp3) is 0.625. The summed E-state index contributed by atoms with van der Waals surface area (Å²) in [6.07, 6.45) is 3.72. The Balaban J connectivity index is 1.95. The highest BCUT2D eigenvalue weighted by atomic mass is 19.1. The van der Waals surface area contributed by atoms with E-state index in [2.05, 4.69) is 18.7 Å². The number of rotatable bonds is 5. The van der Waals surface area contributed by atoms with Crippen LogP contribution in [0.2, 0.25) is 0 Å². The summed E-state index contributed by atoms with van der Waals surface area (Å²) in [6, 6.07) is 6.56. The molecule has 106 valence electrons. The Hall–Kier alpha value is -0.930. The number of hydrogen-bond donors (Lipinski definition) is 1.